The molecular weight excluding hydrogens is 275 g/mol. The molecule has 1 fully saturated rings. The summed E-state index contributed by atoms with van der Waals surface area (Å²) < 4.78 is 13.4. The van der Waals surface area contributed by atoms with E-state index in [0.29, 0.717) is 25.9 Å². The minimum absolute atomic E-state index is 0.0770. The van der Waals surface area contributed by atoms with Crippen LogP contribution in [0, 0.1) is 5.82 Å². The average Bonchev–Trinajstić information content (AvgIpc) is 2.45. The first kappa shape index (κ1) is 15.4. The van der Waals surface area contributed by atoms with Crippen molar-refractivity contribution in [3.63, 3.8) is 0 Å². The molecule has 2 N–H and O–H groups in total. The van der Waals surface area contributed by atoms with Crippen LogP contribution in [0.3, 0.4) is 0 Å². The minimum Gasteiger partial charge on any atom is -0.390 e. The van der Waals surface area contributed by atoms with E-state index < -0.39 is 17.3 Å². The molecule has 0 radical (unpaired) electrons. The van der Waals surface area contributed by atoms with E-state index >= 15 is 0 Å². The Morgan fingerprint density at radius 2 is 1.95 bits per heavy atom. The number of hydrogen-bond donors (Lipinski definition) is 2. The third-order valence-corrected chi connectivity index (χ3v) is 3.71. The van der Waals surface area contributed by atoms with E-state index in [2.05, 4.69) is 5.32 Å². The second-order valence-electron chi connectivity index (χ2n) is 5.54. The van der Waals surface area contributed by atoms with Gasteiger partial charge in [0, 0.05) is 13.1 Å². The van der Waals surface area contributed by atoms with Gasteiger partial charge in [0.1, 0.15) is 5.82 Å². The highest BCUT2D eigenvalue weighted by molar-refractivity contribution is 5.96. The molecule has 6 heteroatoms. The van der Waals surface area contributed by atoms with E-state index in [1.54, 1.807) is 17.9 Å². The van der Waals surface area contributed by atoms with E-state index in [-0.39, 0.29) is 18.0 Å². The summed E-state index contributed by atoms with van der Waals surface area (Å²) in [6.45, 7) is 2.49. The number of likely N-dealkylation sites (tertiary alicyclic amines) is 1. The Hall–Kier alpha value is -1.95. The number of carbonyl (C=O) groups excluding carboxylic acids is 2. The molecule has 1 aromatic rings. The van der Waals surface area contributed by atoms with Gasteiger partial charge >= 0.3 is 0 Å². The molecule has 2 amide bonds. The molecule has 0 unspecified atom stereocenters. The second kappa shape index (κ2) is 6.22. The van der Waals surface area contributed by atoms with E-state index in [0.717, 1.165) is 0 Å². The lowest BCUT2D eigenvalue weighted by atomic mass is 9.94. The fourth-order valence-corrected chi connectivity index (χ4v) is 2.25. The molecule has 1 heterocycles. The van der Waals surface area contributed by atoms with Crippen molar-refractivity contribution >= 4 is 11.8 Å². The normalized spacial score (nSPS) is 17.4. The van der Waals surface area contributed by atoms with Crippen LogP contribution in [0.1, 0.15) is 30.1 Å². The molecule has 1 saturated heterocycles. The SMILES string of the molecule is CC1(O)CCN(C(=O)CNC(=O)c2ccccc2F)CC1. The quantitative estimate of drug-likeness (QED) is 0.871. The van der Waals surface area contributed by atoms with E-state index in [9.17, 15) is 19.1 Å². The average molecular weight is 294 g/mol. The molecule has 1 aliphatic rings. The lowest BCUT2D eigenvalue weighted by Gasteiger charge is -2.35. The molecular formula is C15H19FN2O3. The molecule has 0 spiro atoms. The lowest BCUT2D eigenvalue weighted by Crippen LogP contribution is -2.48. The summed E-state index contributed by atoms with van der Waals surface area (Å²) in [6, 6.07) is 5.63. The zero-order chi connectivity index (χ0) is 15.5. The Morgan fingerprint density at radius 1 is 1.33 bits per heavy atom. The van der Waals surface area contributed by atoms with Gasteiger partial charge in [-0.1, -0.05) is 12.1 Å². The van der Waals surface area contributed by atoms with Crippen LogP contribution in [0.2, 0.25) is 0 Å². The van der Waals surface area contributed by atoms with Crippen LogP contribution in [-0.2, 0) is 4.79 Å². The number of carbonyl (C=O) groups is 2. The number of piperidine rings is 1. The number of aliphatic hydroxyl groups is 1. The topological polar surface area (TPSA) is 69.6 Å². The van der Waals surface area contributed by atoms with Crippen LogP contribution in [0.4, 0.5) is 4.39 Å². The highest BCUT2D eigenvalue weighted by Gasteiger charge is 2.29. The molecule has 0 saturated carbocycles. The van der Waals surface area contributed by atoms with Crippen molar-refractivity contribution < 1.29 is 19.1 Å². The van der Waals surface area contributed by atoms with Gasteiger partial charge in [0.15, 0.2) is 0 Å². The van der Waals surface area contributed by atoms with Crippen molar-refractivity contribution in [2.75, 3.05) is 19.6 Å². The number of nitrogens with zero attached hydrogens (tertiary/aromatic N) is 1. The van der Waals surface area contributed by atoms with Crippen LogP contribution in [-0.4, -0.2) is 47.1 Å². The fraction of sp³-hybridized carbons (Fsp3) is 0.467. The minimum atomic E-state index is -0.729. The molecule has 0 bridgehead atoms. The first-order valence-corrected chi connectivity index (χ1v) is 6.92. The van der Waals surface area contributed by atoms with Gasteiger partial charge < -0.3 is 15.3 Å². The largest absolute Gasteiger partial charge is 0.390 e. The summed E-state index contributed by atoms with van der Waals surface area (Å²) in [5, 5.41) is 12.2. The lowest BCUT2D eigenvalue weighted by molar-refractivity contribution is -0.133. The molecule has 114 valence electrons. The molecule has 0 atom stereocenters. The predicted molar refractivity (Wildman–Crippen MR) is 75.2 cm³/mol. The monoisotopic (exact) mass is 294 g/mol. The van der Waals surface area contributed by atoms with E-state index in [4.69, 9.17) is 0 Å². The molecule has 0 aliphatic carbocycles. The van der Waals surface area contributed by atoms with Crippen LogP contribution in [0.25, 0.3) is 0 Å². The van der Waals surface area contributed by atoms with Gasteiger partial charge in [-0.15, -0.1) is 0 Å². The Kier molecular flexibility index (Phi) is 4.57. The molecule has 1 aliphatic heterocycles. The summed E-state index contributed by atoms with van der Waals surface area (Å²) in [5.74, 6) is -1.45. The Balaban J connectivity index is 1.85. The summed E-state index contributed by atoms with van der Waals surface area (Å²) in [5.41, 5.74) is -0.806. The smallest absolute Gasteiger partial charge is 0.254 e. The van der Waals surface area contributed by atoms with Crippen LogP contribution in [0.5, 0.6) is 0 Å². The molecule has 0 aromatic heterocycles. The van der Waals surface area contributed by atoms with Crippen LogP contribution < -0.4 is 5.32 Å². The van der Waals surface area contributed by atoms with Gasteiger partial charge in [0.25, 0.3) is 5.91 Å². The fourth-order valence-electron chi connectivity index (χ4n) is 2.25. The number of benzene rings is 1. The summed E-state index contributed by atoms with van der Waals surface area (Å²) >= 11 is 0. The Labute approximate surface area is 122 Å². The third kappa shape index (κ3) is 4.01. The van der Waals surface area contributed by atoms with Gasteiger partial charge in [-0.2, -0.15) is 0 Å². The standard InChI is InChI=1S/C15H19FN2O3/c1-15(21)6-8-18(9-7-15)13(19)10-17-14(20)11-4-2-3-5-12(11)16/h2-5,21H,6-10H2,1H3,(H,17,20). The first-order valence-electron chi connectivity index (χ1n) is 6.92. The number of hydrogen-bond acceptors (Lipinski definition) is 3. The van der Waals surface area contributed by atoms with E-state index in [1.807, 2.05) is 0 Å². The maximum atomic E-state index is 13.4. The third-order valence-electron chi connectivity index (χ3n) is 3.71. The van der Waals surface area contributed by atoms with Crippen molar-refractivity contribution in [2.24, 2.45) is 0 Å². The highest BCUT2D eigenvalue weighted by Crippen LogP contribution is 2.20. The summed E-state index contributed by atoms with van der Waals surface area (Å²) in [6.07, 6.45) is 1.03. The zero-order valence-electron chi connectivity index (χ0n) is 11.9. The molecule has 5 nitrogen and oxygen atoms in total. The molecule has 1 aromatic carbocycles. The summed E-state index contributed by atoms with van der Waals surface area (Å²) in [4.78, 5) is 25.4. The number of nitrogens with one attached hydrogen (secondary N) is 1. The van der Waals surface area contributed by atoms with Crippen molar-refractivity contribution in [3.05, 3.63) is 35.6 Å². The number of amides is 2. The first-order chi connectivity index (χ1) is 9.89. The Bertz CT molecular complexity index is 535. The van der Waals surface area contributed by atoms with Gasteiger partial charge in [-0.05, 0) is 31.9 Å². The van der Waals surface area contributed by atoms with Crippen molar-refractivity contribution in [1.29, 1.82) is 0 Å². The van der Waals surface area contributed by atoms with Crippen LogP contribution >= 0.6 is 0 Å². The van der Waals surface area contributed by atoms with Gasteiger partial charge in [0.2, 0.25) is 5.91 Å². The van der Waals surface area contributed by atoms with Crippen molar-refractivity contribution in [2.45, 2.75) is 25.4 Å². The number of halogens is 1. The van der Waals surface area contributed by atoms with Gasteiger partial charge in [-0.25, -0.2) is 4.39 Å². The van der Waals surface area contributed by atoms with Crippen LogP contribution in [0.15, 0.2) is 24.3 Å². The van der Waals surface area contributed by atoms with Crippen molar-refractivity contribution in [3.8, 4) is 0 Å². The molecule has 21 heavy (non-hydrogen) atoms. The Morgan fingerprint density at radius 3 is 2.57 bits per heavy atom. The highest BCUT2D eigenvalue weighted by atomic mass is 19.1. The molecule has 2 rings (SSSR count). The summed E-state index contributed by atoms with van der Waals surface area (Å²) in [7, 11) is 0. The number of rotatable bonds is 3. The van der Waals surface area contributed by atoms with Gasteiger partial charge in [0.05, 0.1) is 17.7 Å². The maximum Gasteiger partial charge on any atom is 0.254 e. The second-order valence-corrected chi connectivity index (χ2v) is 5.54. The maximum absolute atomic E-state index is 13.4. The van der Waals surface area contributed by atoms with E-state index in [1.165, 1.54) is 18.2 Å². The predicted octanol–water partition coefficient (Wildman–Crippen LogP) is 0.929. The zero-order valence-corrected chi connectivity index (χ0v) is 11.9. The van der Waals surface area contributed by atoms with Crippen molar-refractivity contribution in [1.82, 2.24) is 10.2 Å². The van der Waals surface area contributed by atoms with Gasteiger partial charge in [-0.3, -0.25) is 9.59 Å².